The zero-order valence-corrected chi connectivity index (χ0v) is 12.4. The van der Waals surface area contributed by atoms with E-state index in [9.17, 15) is 13.9 Å². The van der Waals surface area contributed by atoms with E-state index in [0.717, 1.165) is 6.07 Å². The van der Waals surface area contributed by atoms with Gasteiger partial charge in [-0.15, -0.1) is 0 Å². The summed E-state index contributed by atoms with van der Waals surface area (Å²) in [5.74, 6) is -2.12. The van der Waals surface area contributed by atoms with Crippen LogP contribution in [0, 0.1) is 11.6 Å². The zero-order valence-electron chi connectivity index (χ0n) is 10.9. The highest BCUT2D eigenvalue weighted by atomic mass is 35.5. The van der Waals surface area contributed by atoms with Gasteiger partial charge in [0.05, 0.1) is 6.10 Å². The van der Waals surface area contributed by atoms with E-state index in [4.69, 9.17) is 28.9 Å². The highest BCUT2D eigenvalue weighted by Gasteiger charge is 2.28. The van der Waals surface area contributed by atoms with Crippen LogP contribution in [0.3, 0.4) is 0 Å². The first kappa shape index (κ1) is 16.2. The summed E-state index contributed by atoms with van der Waals surface area (Å²) in [6, 6.07) is 7.94. The molecule has 0 spiro atoms. The highest BCUT2D eigenvalue weighted by Crippen LogP contribution is 2.37. The van der Waals surface area contributed by atoms with Crippen LogP contribution < -0.4 is 5.73 Å². The van der Waals surface area contributed by atoms with Gasteiger partial charge in [-0.3, -0.25) is 0 Å². The van der Waals surface area contributed by atoms with Gasteiger partial charge in [0.2, 0.25) is 0 Å². The Balaban J connectivity index is 2.48. The van der Waals surface area contributed by atoms with Crippen LogP contribution >= 0.6 is 23.2 Å². The first-order valence-electron chi connectivity index (χ1n) is 6.22. The van der Waals surface area contributed by atoms with E-state index in [1.807, 2.05) is 0 Å². The molecule has 0 aliphatic rings. The standard InChI is InChI=1S/C15H13Cl2F2NO/c16-8-4-5-12(18)9(6-8)15(21)10(7-20)14-11(17)2-1-3-13(14)19/h1-6,10,15,21H,7,20H2. The summed E-state index contributed by atoms with van der Waals surface area (Å²) in [5, 5.41) is 10.8. The minimum Gasteiger partial charge on any atom is -0.388 e. The van der Waals surface area contributed by atoms with E-state index < -0.39 is 23.7 Å². The molecule has 0 radical (unpaired) electrons. The molecule has 0 bridgehead atoms. The van der Waals surface area contributed by atoms with E-state index in [-0.39, 0.29) is 27.7 Å². The van der Waals surface area contributed by atoms with Crippen LogP contribution in [-0.2, 0) is 0 Å². The molecule has 21 heavy (non-hydrogen) atoms. The highest BCUT2D eigenvalue weighted by molar-refractivity contribution is 6.31. The average molecular weight is 332 g/mol. The lowest BCUT2D eigenvalue weighted by Crippen LogP contribution is -2.22. The molecule has 2 aromatic rings. The normalized spacial score (nSPS) is 14.0. The molecule has 0 fully saturated rings. The lowest BCUT2D eigenvalue weighted by molar-refractivity contribution is 0.141. The third-order valence-corrected chi connectivity index (χ3v) is 3.85. The van der Waals surface area contributed by atoms with Gasteiger partial charge in [0.25, 0.3) is 0 Å². The summed E-state index contributed by atoms with van der Waals surface area (Å²) >= 11 is 11.8. The molecular weight excluding hydrogens is 319 g/mol. The van der Waals surface area contributed by atoms with Gasteiger partial charge in [0.1, 0.15) is 11.6 Å². The maximum atomic E-state index is 14.0. The molecule has 2 atom stereocenters. The largest absolute Gasteiger partial charge is 0.388 e. The van der Waals surface area contributed by atoms with Gasteiger partial charge < -0.3 is 10.8 Å². The van der Waals surface area contributed by atoms with Crippen LogP contribution in [0.25, 0.3) is 0 Å². The molecule has 2 rings (SSSR count). The van der Waals surface area contributed by atoms with Gasteiger partial charge in [0.15, 0.2) is 0 Å². The molecule has 3 N–H and O–H groups in total. The molecule has 0 amide bonds. The number of benzene rings is 2. The Morgan fingerprint density at radius 3 is 2.43 bits per heavy atom. The lowest BCUT2D eigenvalue weighted by atomic mass is 9.88. The number of rotatable bonds is 4. The van der Waals surface area contributed by atoms with Crippen molar-refractivity contribution in [2.75, 3.05) is 6.54 Å². The first-order chi connectivity index (χ1) is 9.95. The predicted octanol–water partition coefficient (Wildman–Crippen LogP) is 4.05. The van der Waals surface area contributed by atoms with Crippen LogP contribution in [-0.4, -0.2) is 11.7 Å². The fraction of sp³-hybridized carbons (Fsp3) is 0.200. The van der Waals surface area contributed by atoms with Gasteiger partial charge in [-0.1, -0.05) is 29.3 Å². The molecule has 6 heteroatoms. The van der Waals surface area contributed by atoms with Crippen molar-refractivity contribution in [2.45, 2.75) is 12.0 Å². The Kier molecular flexibility index (Phi) is 5.17. The smallest absolute Gasteiger partial charge is 0.129 e. The maximum absolute atomic E-state index is 14.0. The second kappa shape index (κ2) is 6.71. The molecular formula is C15H13Cl2F2NO. The first-order valence-corrected chi connectivity index (χ1v) is 6.98. The number of aliphatic hydroxyl groups is 1. The van der Waals surface area contributed by atoms with Crippen molar-refractivity contribution in [3.05, 3.63) is 69.2 Å². The fourth-order valence-corrected chi connectivity index (χ4v) is 2.71. The molecule has 0 aliphatic heterocycles. The van der Waals surface area contributed by atoms with Crippen molar-refractivity contribution in [1.82, 2.24) is 0 Å². The Morgan fingerprint density at radius 2 is 1.81 bits per heavy atom. The maximum Gasteiger partial charge on any atom is 0.129 e. The van der Waals surface area contributed by atoms with Gasteiger partial charge in [-0.05, 0) is 30.3 Å². The Bertz CT molecular complexity index is 631. The Labute approximate surface area is 131 Å². The zero-order chi connectivity index (χ0) is 15.6. The summed E-state index contributed by atoms with van der Waals surface area (Å²) in [4.78, 5) is 0. The van der Waals surface area contributed by atoms with Gasteiger partial charge >= 0.3 is 0 Å². The lowest BCUT2D eigenvalue weighted by Gasteiger charge is -2.24. The van der Waals surface area contributed by atoms with Crippen molar-refractivity contribution in [3.8, 4) is 0 Å². The summed E-state index contributed by atoms with van der Waals surface area (Å²) in [6.45, 7) is -0.103. The van der Waals surface area contributed by atoms with Gasteiger partial charge in [-0.2, -0.15) is 0 Å². The summed E-state index contributed by atoms with van der Waals surface area (Å²) in [7, 11) is 0. The van der Waals surface area contributed by atoms with Crippen molar-refractivity contribution >= 4 is 23.2 Å². The quantitative estimate of drug-likeness (QED) is 0.887. The SMILES string of the molecule is NCC(c1c(F)cccc1Cl)C(O)c1cc(Cl)ccc1F. The Morgan fingerprint density at radius 1 is 1.10 bits per heavy atom. The van der Waals surface area contributed by atoms with E-state index in [2.05, 4.69) is 0 Å². The minimum absolute atomic E-state index is 0.0442. The molecule has 2 aromatic carbocycles. The van der Waals surface area contributed by atoms with Crippen molar-refractivity contribution < 1.29 is 13.9 Å². The summed E-state index contributed by atoms with van der Waals surface area (Å²) in [6.07, 6.45) is -1.36. The van der Waals surface area contributed by atoms with Crippen LogP contribution in [0.15, 0.2) is 36.4 Å². The van der Waals surface area contributed by atoms with E-state index in [0.29, 0.717) is 0 Å². The minimum atomic E-state index is -1.36. The molecule has 0 aromatic heterocycles. The number of nitrogens with two attached hydrogens (primary N) is 1. The molecule has 0 heterocycles. The predicted molar refractivity (Wildman–Crippen MR) is 79.6 cm³/mol. The van der Waals surface area contributed by atoms with Crippen molar-refractivity contribution in [1.29, 1.82) is 0 Å². The topological polar surface area (TPSA) is 46.2 Å². The number of hydrogen-bond donors (Lipinski definition) is 2. The van der Waals surface area contributed by atoms with E-state index in [1.54, 1.807) is 0 Å². The second-order valence-corrected chi connectivity index (χ2v) is 5.43. The molecule has 2 unspecified atom stereocenters. The summed E-state index contributed by atoms with van der Waals surface area (Å²) in [5.41, 5.74) is 5.65. The molecule has 0 saturated carbocycles. The van der Waals surface area contributed by atoms with E-state index >= 15 is 0 Å². The van der Waals surface area contributed by atoms with Crippen LogP contribution in [0.2, 0.25) is 10.0 Å². The van der Waals surface area contributed by atoms with Crippen LogP contribution in [0.5, 0.6) is 0 Å². The Hall–Kier alpha value is -1.20. The van der Waals surface area contributed by atoms with Crippen molar-refractivity contribution in [3.63, 3.8) is 0 Å². The van der Waals surface area contributed by atoms with Gasteiger partial charge in [0, 0.05) is 33.6 Å². The van der Waals surface area contributed by atoms with Crippen LogP contribution in [0.1, 0.15) is 23.1 Å². The third kappa shape index (κ3) is 3.35. The van der Waals surface area contributed by atoms with E-state index in [1.165, 1.54) is 30.3 Å². The fourth-order valence-electron chi connectivity index (χ4n) is 2.23. The third-order valence-electron chi connectivity index (χ3n) is 3.28. The second-order valence-electron chi connectivity index (χ2n) is 4.59. The monoisotopic (exact) mass is 331 g/mol. The number of hydrogen-bond acceptors (Lipinski definition) is 2. The number of halogens is 4. The molecule has 0 saturated heterocycles. The molecule has 0 aliphatic carbocycles. The van der Waals surface area contributed by atoms with Crippen molar-refractivity contribution in [2.24, 2.45) is 5.73 Å². The average Bonchev–Trinajstić information content (AvgIpc) is 2.45. The molecule has 112 valence electrons. The summed E-state index contributed by atoms with van der Waals surface area (Å²) < 4.78 is 27.8. The number of aliphatic hydroxyl groups excluding tert-OH is 1. The molecule has 2 nitrogen and oxygen atoms in total. The van der Waals surface area contributed by atoms with Crippen LogP contribution in [0.4, 0.5) is 8.78 Å². The van der Waals surface area contributed by atoms with Gasteiger partial charge in [-0.25, -0.2) is 8.78 Å².